The van der Waals surface area contributed by atoms with Gasteiger partial charge in [0.2, 0.25) is 28.6 Å². The molecule has 4 amide bonds. The predicted octanol–water partition coefficient (Wildman–Crippen LogP) is 2.44. The predicted molar refractivity (Wildman–Crippen MR) is 176 cm³/mol. The number of rotatable bonds is 6. The van der Waals surface area contributed by atoms with E-state index in [1.165, 1.54) is 17.0 Å². The number of fused-ring (bicyclic) bond motifs is 3. The van der Waals surface area contributed by atoms with Crippen LogP contribution in [-0.2, 0) is 33.9 Å². The first-order valence-electron chi connectivity index (χ1n) is 17.1. The summed E-state index contributed by atoms with van der Waals surface area (Å²) in [6, 6.07) is 2.31. The van der Waals surface area contributed by atoms with Gasteiger partial charge in [0.15, 0.2) is 11.5 Å². The number of nitrogens with one attached hydrogen (secondary N) is 3. The third-order valence-electron chi connectivity index (χ3n) is 9.42. The summed E-state index contributed by atoms with van der Waals surface area (Å²) in [5.74, 6) is -2.42. The van der Waals surface area contributed by atoms with Crippen LogP contribution in [0.4, 0.5) is 4.79 Å². The third-order valence-corrected chi connectivity index (χ3v) is 11.2. The second-order valence-electron chi connectivity index (χ2n) is 14.5. The molecule has 15 nitrogen and oxygen atoms in total. The molecule has 3 fully saturated rings. The summed E-state index contributed by atoms with van der Waals surface area (Å²) >= 11 is 0. The van der Waals surface area contributed by atoms with Crippen molar-refractivity contribution >= 4 is 39.8 Å². The summed E-state index contributed by atoms with van der Waals surface area (Å²) in [5, 5.41) is 4.81. The van der Waals surface area contributed by atoms with Gasteiger partial charge in [-0.25, -0.2) is 18.0 Å². The minimum absolute atomic E-state index is 0.0193. The van der Waals surface area contributed by atoms with Gasteiger partial charge in [-0.1, -0.05) is 25.0 Å². The second-order valence-corrected chi connectivity index (χ2v) is 16.5. The molecule has 6 rings (SSSR count). The Morgan fingerprint density at radius 3 is 2.54 bits per heavy atom. The number of sulfonamides is 1. The monoisotopic (exact) mass is 716 g/mol. The number of amides is 4. The lowest BCUT2D eigenvalue weighted by molar-refractivity contribution is -0.141. The Kier molecular flexibility index (Phi) is 9.76. The van der Waals surface area contributed by atoms with E-state index in [9.17, 15) is 32.4 Å². The van der Waals surface area contributed by atoms with Gasteiger partial charge in [-0.2, -0.15) is 0 Å². The fourth-order valence-corrected chi connectivity index (χ4v) is 7.90. The Hall–Kier alpha value is -4.34. The van der Waals surface area contributed by atoms with Gasteiger partial charge in [-0.15, -0.1) is 0 Å². The fourth-order valence-electron chi connectivity index (χ4n) is 6.54. The zero-order chi connectivity index (χ0) is 35.8. The molecule has 0 radical (unpaired) electrons. The van der Waals surface area contributed by atoms with E-state index >= 15 is 0 Å². The van der Waals surface area contributed by atoms with Crippen molar-refractivity contribution < 1.29 is 51.3 Å². The maximum absolute atomic E-state index is 14.2. The molecular formula is C34H44N4O11S. The van der Waals surface area contributed by atoms with Gasteiger partial charge in [-0.3, -0.25) is 19.1 Å². The number of carbonyl (C=O) groups excluding carboxylic acids is 5. The van der Waals surface area contributed by atoms with Crippen molar-refractivity contribution in [2.45, 2.75) is 113 Å². The Bertz CT molecular complexity index is 1690. The average Bonchev–Trinajstić information content (AvgIpc) is 3.92. The molecule has 16 heteroatoms. The zero-order valence-corrected chi connectivity index (χ0v) is 29.2. The Labute approximate surface area is 290 Å². The summed E-state index contributed by atoms with van der Waals surface area (Å²) in [6.45, 7) is 4.95. The van der Waals surface area contributed by atoms with Crippen LogP contribution in [0.5, 0.6) is 11.5 Å². The molecule has 3 N–H and O–H groups in total. The third kappa shape index (κ3) is 8.00. The first-order chi connectivity index (χ1) is 23.6. The van der Waals surface area contributed by atoms with Crippen LogP contribution in [0.25, 0.3) is 0 Å². The molecule has 1 aromatic carbocycles. The minimum Gasteiger partial charge on any atom is -0.457 e. The lowest BCUT2D eigenvalue weighted by Gasteiger charge is -2.30. The van der Waals surface area contributed by atoms with Crippen molar-refractivity contribution in [3.05, 3.63) is 35.9 Å². The van der Waals surface area contributed by atoms with Gasteiger partial charge in [-0.05, 0) is 77.5 Å². The van der Waals surface area contributed by atoms with Crippen LogP contribution >= 0.6 is 0 Å². The van der Waals surface area contributed by atoms with E-state index in [1.54, 1.807) is 26.8 Å². The maximum Gasteiger partial charge on any atom is 0.408 e. The van der Waals surface area contributed by atoms with Gasteiger partial charge < -0.3 is 34.5 Å². The molecule has 3 heterocycles. The fraction of sp³-hybridized carbons (Fsp3) is 0.618. The van der Waals surface area contributed by atoms with Crippen molar-refractivity contribution in [3.8, 4) is 11.5 Å². The first kappa shape index (κ1) is 35.5. The van der Waals surface area contributed by atoms with Crippen LogP contribution in [0.2, 0.25) is 0 Å². The second kappa shape index (κ2) is 13.8. The van der Waals surface area contributed by atoms with E-state index < -0.39 is 80.3 Å². The van der Waals surface area contributed by atoms with Crippen molar-refractivity contribution in [2.24, 2.45) is 5.92 Å². The number of ether oxygens (including phenoxy) is 4. The number of hydrogen-bond donors (Lipinski definition) is 3. The SMILES string of the molecule is CC(C)(C)OC(=O)NC1CCCCC/C=C/C2CC2(C(=O)NS(=O)(=O)C2CC2)NC(=O)C2CC(OC(=O)c3ccc4c(c3)OCO4)CN2C1=O. The van der Waals surface area contributed by atoms with Gasteiger partial charge in [0.05, 0.1) is 17.4 Å². The topological polar surface area (TPSA) is 196 Å². The molecule has 1 saturated heterocycles. The Morgan fingerprint density at radius 1 is 1.04 bits per heavy atom. The minimum atomic E-state index is -3.91. The van der Waals surface area contributed by atoms with E-state index in [0.717, 1.165) is 12.8 Å². The number of nitrogens with zero attached hydrogens (tertiary/aromatic N) is 1. The molecule has 5 atom stereocenters. The van der Waals surface area contributed by atoms with Gasteiger partial charge in [0.1, 0.15) is 29.3 Å². The number of esters is 1. The summed E-state index contributed by atoms with van der Waals surface area (Å²) in [6.07, 6.45) is 6.01. The normalized spacial score (nSPS) is 28.9. The highest BCUT2D eigenvalue weighted by molar-refractivity contribution is 7.91. The molecule has 1 aromatic rings. The lowest BCUT2D eigenvalue weighted by atomic mass is 10.0. The molecule has 2 aliphatic carbocycles. The number of alkyl carbamates (subject to hydrolysis) is 1. The van der Waals surface area contributed by atoms with Crippen molar-refractivity contribution in [3.63, 3.8) is 0 Å². The number of benzene rings is 1. The first-order valence-corrected chi connectivity index (χ1v) is 18.7. The van der Waals surface area contributed by atoms with E-state index in [0.29, 0.717) is 37.2 Å². The van der Waals surface area contributed by atoms with Crippen molar-refractivity contribution in [2.75, 3.05) is 13.3 Å². The highest BCUT2D eigenvalue weighted by atomic mass is 32.2. The lowest BCUT2D eigenvalue weighted by Crippen LogP contribution is -2.58. The number of allylic oxidation sites excluding steroid dienone is 1. The van der Waals surface area contributed by atoms with Gasteiger partial charge in [0, 0.05) is 12.3 Å². The molecule has 2 saturated carbocycles. The molecule has 5 unspecified atom stereocenters. The van der Waals surface area contributed by atoms with Gasteiger partial charge >= 0.3 is 12.1 Å². The van der Waals surface area contributed by atoms with E-state index in [4.69, 9.17) is 18.9 Å². The summed E-state index contributed by atoms with van der Waals surface area (Å²) in [4.78, 5) is 69.3. The van der Waals surface area contributed by atoms with Crippen LogP contribution < -0.4 is 24.8 Å². The Morgan fingerprint density at radius 2 is 1.80 bits per heavy atom. The van der Waals surface area contributed by atoms with E-state index in [1.807, 2.05) is 12.2 Å². The summed E-state index contributed by atoms with van der Waals surface area (Å²) in [7, 11) is -3.91. The molecule has 50 heavy (non-hydrogen) atoms. The van der Waals surface area contributed by atoms with E-state index in [2.05, 4.69) is 15.4 Å². The summed E-state index contributed by atoms with van der Waals surface area (Å²) in [5.41, 5.74) is -2.19. The standard InChI is InChI=1S/C34H44N4O11S/c1-33(2,3)49-32(43)35-24-10-8-6-4-5-7-9-21-17-34(21,31(42)37-50(44,45)23-12-13-23)36-28(39)25-16-22(18-38(25)29(24)40)48-30(41)20-11-14-26-27(15-20)47-19-46-26/h7,9,11,14-15,21-25H,4-6,8,10,12-13,16-19H2,1-3H3,(H,35,43)(H,36,39)(H,37,42)/b9-7+. The summed E-state index contributed by atoms with van der Waals surface area (Å²) < 4.78 is 49.5. The largest absolute Gasteiger partial charge is 0.457 e. The quantitative estimate of drug-likeness (QED) is 0.289. The highest BCUT2D eigenvalue weighted by Crippen LogP contribution is 2.46. The molecule has 272 valence electrons. The smallest absolute Gasteiger partial charge is 0.408 e. The van der Waals surface area contributed by atoms with Crippen LogP contribution in [-0.4, -0.2) is 91.0 Å². The molecule has 0 spiro atoms. The number of hydrogen-bond acceptors (Lipinski definition) is 11. The molecule has 3 aliphatic heterocycles. The molecular weight excluding hydrogens is 672 g/mol. The average molecular weight is 717 g/mol. The van der Waals surface area contributed by atoms with Crippen molar-refractivity contribution in [1.29, 1.82) is 0 Å². The maximum atomic E-state index is 14.2. The highest BCUT2D eigenvalue weighted by Gasteiger charge is 2.62. The molecule has 0 aromatic heterocycles. The van der Waals surface area contributed by atoms with Crippen LogP contribution in [0.15, 0.2) is 30.4 Å². The number of carbonyl (C=O) groups is 5. The van der Waals surface area contributed by atoms with Gasteiger partial charge in [0.25, 0.3) is 5.91 Å². The van der Waals surface area contributed by atoms with Crippen molar-refractivity contribution in [1.82, 2.24) is 20.3 Å². The van der Waals surface area contributed by atoms with Crippen LogP contribution in [0.1, 0.15) is 88.9 Å². The van der Waals surface area contributed by atoms with Crippen LogP contribution in [0.3, 0.4) is 0 Å². The molecule has 5 aliphatic rings. The zero-order valence-electron chi connectivity index (χ0n) is 28.4. The van der Waals surface area contributed by atoms with Crippen LogP contribution in [0, 0.1) is 5.92 Å². The Balaban J connectivity index is 1.26. The van der Waals surface area contributed by atoms with E-state index in [-0.39, 0.29) is 38.2 Å². The molecule has 0 bridgehead atoms.